The molecule has 0 bridgehead atoms. The van der Waals surface area contributed by atoms with Crippen LogP contribution in [0.5, 0.6) is 0 Å². The van der Waals surface area contributed by atoms with Crippen molar-refractivity contribution in [3.63, 3.8) is 0 Å². The fraction of sp³-hybridized carbons (Fsp3) is 0.462. The lowest BCUT2D eigenvalue weighted by molar-refractivity contribution is -0.143. The molecule has 16 heavy (non-hydrogen) atoms. The Kier molecular flexibility index (Phi) is 3.57. The molecular formula is C13H16O3. The van der Waals surface area contributed by atoms with Crippen molar-refractivity contribution in [2.45, 2.75) is 32.0 Å². The molecule has 2 rings (SSSR count). The largest absolute Gasteiger partial charge is 0.466 e. The van der Waals surface area contributed by atoms with Gasteiger partial charge in [0.15, 0.2) is 0 Å². The number of ether oxygens (including phenoxy) is 2. The average Bonchev–Trinajstić information content (AvgIpc) is 3.07. The van der Waals surface area contributed by atoms with Crippen LogP contribution in [0.4, 0.5) is 0 Å². The van der Waals surface area contributed by atoms with Crippen LogP contribution in [0.3, 0.4) is 0 Å². The Morgan fingerprint density at radius 2 is 2.12 bits per heavy atom. The van der Waals surface area contributed by atoms with E-state index in [0.717, 1.165) is 6.42 Å². The first kappa shape index (κ1) is 11.1. The van der Waals surface area contributed by atoms with E-state index in [1.165, 1.54) is 5.56 Å². The van der Waals surface area contributed by atoms with Crippen LogP contribution in [0, 0.1) is 0 Å². The molecule has 0 aromatic heterocycles. The van der Waals surface area contributed by atoms with E-state index < -0.39 is 0 Å². The number of benzene rings is 1. The highest BCUT2D eigenvalue weighted by molar-refractivity contribution is 5.69. The number of hydrogen-bond acceptors (Lipinski definition) is 3. The van der Waals surface area contributed by atoms with E-state index >= 15 is 0 Å². The molecule has 0 aliphatic carbocycles. The number of carbonyl (C=O) groups excluding carboxylic acids is 1. The van der Waals surface area contributed by atoms with Crippen molar-refractivity contribution < 1.29 is 14.3 Å². The average molecular weight is 220 g/mol. The van der Waals surface area contributed by atoms with Crippen LogP contribution in [0.2, 0.25) is 0 Å². The standard InChI is InChI=1S/C13H16O3/c1-2-15-12(14)9-8-11-13(16-11)10-6-4-3-5-7-10/h3-7,11,13H,2,8-9H2,1H3/t11-,13-/m0/s1. The second-order valence-corrected chi connectivity index (χ2v) is 3.85. The van der Waals surface area contributed by atoms with Gasteiger partial charge in [-0.05, 0) is 18.9 Å². The van der Waals surface area contributed by atoms with Crippen molar-refractivity contribution in [3.8, 4) is 0 Å². The number of carbonyl (C=O) groups is 1. The van der Waals surface area contributed by atoms with E-state index in [9.17, 15) is 4.79 Å². The zero-order valence-corrected chi connectivity index (χ0v) is 9.39. The Morgan fingerprint density at radius 3 is 2.81 bits per heavy atom. The summed E-state index contributed by atoms with van der Waals surface area (Å²) in [5.74, 6) is -0.134. The van der Waals surface area contributed by atoms with Gasteiger partial charge in [0, 0.05) is 6.42 Å². The number of epoxide rings is 1. The minimum Gasteiger partial charge on any atom is -0.466 e. The molecule has 0 radical (unpaired) electrons. The Hall–Kier alpha value is -1.35. The van der Waals surface area contributed by atoms with Gasteiger partial charge in [-0.25, -0.2) is 0 Å². The van der Waals surface area contributed by atoms with Crippen molar-refractivity contribution >= 4 is 5.97 Å². The van der Waals surface area contributed by atoms with Gasteiger partial charge in [-0.2, -0.15) is 0 Å². The van der Waals surface area contributed by atoms with Gasteiger partial charge in [-0.15, -0.1) is 0 Å². The Labute approximate surface area is 95.4 Å². The molecule has 0 amide bonds. The van der Waals surface area contributed by atoms with Gasteiger partial charge in [0.25, 0.3) is 0 Å². The third kappa shape index (κ3) is 2.83. The molecule has 1 saturated heterocycles. The van der Waals surface area contributed by atoms with Crippen LogP contribution in [-0.4, -0.2) is 18.7 Å². The molecule has 3 heteroatoms. The topological polar surface area (TPSA) is 38.8 Å². The van der Waals surface area contributed by atoms with Crippen LogP contribution < -0.4 is 0 Å². The minimum absolute atomic E-state index is 0.134. The lowest BCUT2D eigenvalue weighted by Gasteiger charge is -1.99. The quantitative estimate of drug-likeness (QED) is 0.565. The van der Waals surface area contributed by atoms with Gasteiger partial charge < -0.3 is 9.47 Å². The predicted octanol–water partition coefficient (Wildman–Crippen LogP) is 2.47. The fourth-order valence-corrected chi connectivity index (χ4v) is 1.79. The molecule has 1 aromatic rings. The third-order valence-corrected chi connectivity index (χ3v) is 2.65. The molecule has 1 heterocycles. The summed E-state index contributed by atoms with van der Waals surface area (Å²) >= 11 is 0. The highest BCUT2D eigenvalue weighted by Crippen LogP contribution is 2.41. The zero-order valence-electron chi connectivity index (χ0n) is 9.39. The molecule has 2 atom stereocenters. The Balaban J connectivity index is 1.74. The summed E-state index contributed by atoms with van der Waals surface area (Å²) in [6.07, 6.45) is 1.56. The maximum absolute atomic E-state index is 11.1. The molecule has 0 saturated carbocycles. The monoisotopic (exact) mass is 220 g/mol. The van der Waals surface area contributed by atoms with Gasteiger partial charge in [-0.1, -0.05) is 30.3 Å². The highest BCUT2D eigenvalue weighted by Gasteiger charge is 2.39. The molecule has 0 spiro atoms. The molecule has 0 unspecified atom stereocenters. The fourth-order valence-electron chi connectivity index (χ4n) is 1.79. The van der Waals surface area contributed by atoms with Crippen molar-refractivity contribution in [3.05, 3.63) is 35.9 Å². The summed E-state index contributed by atoms with van der Waals surface area (Å²) in [4.78, 5) is 11.1. The van der Waals surface area contributed by atoms with Crippen LogP contribution in [0.1, 0.15) is 31.4 Å². The van der Waals surface area contributed by atoms with E-state index in [0.29, 0.717) is 13.0 Å². The molecule has 1 fully saturated rings. The first-order chi connectivity index (χ1) is 7.81. The summed E-state index contributed by atoms with van der Waals surface area (Å²) < 4.78 is 10.4. The second kappa shape index (κ2) is 5.12. The zero-order chi connectivity index (χ0) is 11.4. The van der Waals surface area contributed by atoms with Crippen LogP contribution in [-0.2, 0) is 14.3 Å². The van der Waals surface area contributed by atoms with Crippen molar-refractivity contribution in [1.29, 1.82) is 0 Å². The maximum Gasteiger partial charge on any atom is 0.305 e. The summed E-state index contributed by atoms with van der Waals surface area (Å²) in [6.45, 7) is 2.27. The van der Waals surface area contributed by atoms with E-state index in [-0.39, 0.29) is 18.2 Å². The van der Waals surface area contributed by atoms with Gasteiger partial charge >= 0.3 is 5.97 Å². The van der Waals surface area contributed by atoms with Gasteiger partial charge in [-0.3, -0.25) is 4.79 Å². The lowest BCUT2D eigenvalue weighted by Crippen LogP contribution is -2.05. The van der Waals surface area contributed by atoms with Crippen molar-refractivity contribution in [2.24, 2.45) is 0 Å². The molecule has 3 nitrogen and oxygen atoms in total. The first-order valence-electron chi connectivity index (χ1n) is 5.67. The van der Waals surface area contributed by atoms with E-state index in [1.54, 1.807) is 0 Å². The third-order valence-electron chi connectivity index (χ3n) is 2.65. The number of rotatable bonds is 5. The maximum atomic E-state index is 11.1. The van der Waals surface area contributed by atoms with Crippen molar-refractivity contribution in [1.82, 2.24) is 0 Å². The van der Waals surface area contributed by atoms with Crippen LogP contribution >= 0.6 is 0 Å². The minimum atomic E-state index is -0.134. The molecule has 1 aliphatic rings. The highest BCUT2D eigenvalue weighted by atomic mass is 16.6. The Morgan fingerprint density at radius 1 is 1.38 bits per heavy atom. The molecule has 86 valence electrons. The van der Waals surface area contributed by atoms with Gasteiger partial charge in [0.2, 0.25) is 0 Å². The summed E-state index contributed by atoms with van der Waals surface area (Å²) in [5, 5.41) is 0. The van der Waals surface area contributed by atoms with Crippen molar-refractivity contribution in [2.75, 3.05) is 6.61 Å². The smallest absolute Gasteiger partial charge is 0.305 e. The SMILES string of the molecule is CCOC(=O)CC[C@@H]1O[C@H]1c1ccccc1. The van der Waals surface area contributed by atoms with E-state index in [4.69, 9.17) is 9.47 Å². The summed E-state index contributed by atoms with van der Waals surface area (Å²) in [6, 6.07) is 10.1. The number of esters is 1. The molecule has 0 N–H and O–H groups in total. The van der Waals surface area contributed by atoms with E-state index in [1.807, 2.05) is 25.1 Å². The van der Waals surface area contributed by atoms with Crippen LogP contribution in [0.15, 0.2) is 30.3 Å². The Bertz CT molecular complexity index is 347. The van der Waals surface area contributed by atoms with Crippen LogP contribution in [0.25, 0.3) is 0 Å². The van der Waals surface area contributed by atoms with Gasteiger partial charge in [0.05, 0.1) is 12.7 Å². The first-order valence-corrected chi connectivity index (χ1v) is 5.67. The number of hydrogen-bond donors (Lipinski definition) is 0. The lowest BCUT2D eigenvalue weighted by atomic mass is 10.1. The molecular weight excluding hydrogens is 204 g/mol. The summed E-state index contributed by atoms with van der Waals surface area (Å²) in [7, 11) is 0. The van der Waals surface area contributed by atoms with Gasteiger partial charge in [0.1, 0.15) is 6.10 Å². The normalized spacial score (nSPS) is 22.8. The molecule has 1 aliphatic heterocycles. The second-order valence-electron chi connectivity index (χ2n) is 3.85. The summed E-state index contributed by atoms with van der Waals surface area (Å²) in [5.41, 5.74) is 1.19. The molecule has 1 aromatic carbocycles. The van der Waals surface area contributed by atoms with E-state index in [2.05, 4.69) is 12.1 Å². The predicted molar refractivity (Wildman–Crippen MR) is 59.9 cm³/mol.